The normalized spacial score (nSPS) is 11.2. The molecule has 1 amide bonds. The highest BCUT2D eigenvalue weighted by molar-refractivity contribution is 6.30. The molecule has 0 unspecified atom stereocenters. The minimum Gasteiger partial charge on any atom is -0.348 e. The summed E-state index contributed by atoms with van der Waals surface area (Å²) in [5.41, 5.74) is -0.0693. The zero-order chi connectivity index (χ0) is 15.5. The molecule has 2 nitrogen and oxygen atoms in total. The van der Waals surface area contributed by atoms with E-state index < -0.39 is 17.6 Å². The molecule has 0 fully saturated rings. The quantitative estimate of drug-likeness (QED) is 0.900. The molecule has 2 aromatic rings. The van der Waals surface area contributed by atoms with Gasteiger partial charge in [-0.25, -0.2) is 0 Å². The molecule has 21 heavy (non-hydrogen) atoms. The lowest BCUT2D eigenvalue weighted by Crippen LogP contribution is -2.23. The summed E-state index contributed by atoms with van der Waals surface area (Å²) >= 11 is 5.74. The molecule has 0 radical (unpaired) electrons. The molecular formula is C15H11ClF3NO. The number of alkyl halides is 3. The maximum absolute atomic E-state index is 12.6. The second-order valence-electron chi connectivity index (χ2n) is 4.39. The van der Waals surface area contributed by atoms with Gasteiger partial charge in [0.05, 0.1) is 5.56 Å². The van der Waals surface area contributed by atoms with E-state index in [0.717, 1.165) is 17.7 Å². The standard InChI is InChI=1S/C15H11ClF3NO/c16-13-6-4-10(5-7-13)9-20-14(21)11-2-1-3-12(8-11)15(17,18)19/h1-8H,9H2,(H,20,21). The van der Waals surface area contributed by atoms with E-state index in [1.807, 2.05) is 0 Å². The Labute approximate surface area is 124 Å². The molecule has 0 saturated heterocycles. The molecule has 110 valence electrons. The van der Waals surface area contributed by atoms with Crippen LogP contribution >= 0.6 is 11.6 Å². The fraction of sp³-hybridized carbons (Fsp3) is 0.133. The van der Waals surface area contributed by atoms with Crippen molar-refractivity contribution in [3.63, 3.8) is 0 Å². The number of hydrogen-bond donors (Lipinski definition) is 1. The number of hydrogen-bond acceptors (Lipinski definition) is 1. The van der Waals surface area contributed by atoms with E-state index in [-0.39, 0.29) is 12.1 Å². The second kappa shape index (κ2) is 6.18. The number of nitrogens with one attached hydrogen (secondary N) is 1. The van der Waals surface area contributed by atoms with Crippen molar-refractivity contribution in [2.24, 2.45) is 0 Å². The van der Waals surface area contributed by atoms with Crippen molar-refractivity contribution < 1.29 is 18.0 Å². The summed E-state index contributed by atoms with van der Waals surface area (Å²) in [4.78, 5) is 11.9. The molecule has 6 heteroatoms. The summed E-state index contributed by atoms with van der Waals surface area (Å²) in [5, 5.41) is 3.14. The lowest BCUT2D eigenvalue weighted by Gasteiger charge is -2.09. The van der Waals surface area contributed by atoms with Gasteiger partial charge in [-0.05, 0) is 35.9 Å². The van der Waals surface area contributed by atoms with Gasteiger partial charge in [0.15, 0.2) is 0 Å². The van der Waals surface area contributed by atoms with Crippen molar-refractivity contribution in [2.45, 2.75) is 12.7 Å². The monoisotopic (exact) mass is 313 g/mol. The first-order valence-electron chi connectivity index (χ1n) is 6.06. The SMILES string of the molecule is O=C(NCc1ccc(Cl)cc1)c1cccc(C(F)(F)F)c1. The number of carbonyl (C=O) groups excluding carboxylic acids is 1. The van der Waals surface area contributed by atoms with Gasteiger partial charge >= 0.3 is 6.18 Å². The maximum Gasteiger partial charge on any atom is 0.416 e. The molecular weight excluding hydrogens is 303 g/mol. The van der Waals surface area contributed by atoms with Crippen molar-refractivity contribution in [3.05, 3.63) is 70.2 Å². The molecule has 0 aliphatic heterocycles. The highest BCUT2D eigenvalue weighted by atomic mass is 35.5. The molecule has 0 spiro atoms. The van der Waals surface area contributed by atoms with E-state index in [1.54, 1.807) is 24.3 Å². The first-order valence-corrected chi connectivity index (χ1v) is 6.44. The minimum absolute atomic E-state index is 0.0289. The number of halogens is 4. The Bertz CT molecular complexity index is 638. The Morgan fingerprint density at radius 1 is 1.10 bits per heavy atom. The Morgan fingerprint density at radius 3 is 2.38 bits per heavy atom. The van der Waals surface area contributed by atoms with E-state index in [0.29, 0.717) is 5.02 Å². The van der Waals surface area contributed by atoms with Crippen LogP contribution in [0.2, 0.25) is 5.02 Å². The average molecular weight is 314 g/mol. The zero-order valence-electron chi connectivity index (χ0n) is 10.7. The van der Waals surface area contributed by atoms with Gasteiger partial charge in [0, 0.05) is 17.1 Å². The van der Waals surface area contributed by atoms with E-state index in [1.165, 1.54) is 12.1 Å². The Balaban J connectivity index is 2.05. The average Bonchev–Trinajstić information content (AvgIpc) is 2.45. The summed E-state index contributed by atoms with van der Waals surface area (Å²) < 4.78 is 37.7. The van der Waals surface area contributed by atoms with Crippen molar-refractivity contribution in [3.8, 4) is 0 Å². The number of rotatable bonds is 3. The van der Waals surface area contributed by atoms with Crippen LogP contribution < -0.4 is 5.32 Å². The topological polar surface area (TPSA) is 29.1 Å². The van der Waals surface area contributed by atoms with Gasteiger partial charge in [-0.2, -0.15) is 13.2 Å². The van der Waals surface area contributed by atoms with Crippen LogP contribution in [0.1, 0.15) is 21.5 Å². The van der Waals surface area contributed by atoms with Crippen LogP contribution in [0.15, 0.2) is 48.5 Å². The summed E-state index contributed by atoms with van der Waals surface area (Å²) in [6.07, 6.45) is -4.47. The van der Waals surface area contributed by atoms with Crippen LogP contribution in [0.5, 0.6) is 0 Å². The summed E-state index contributed by atoms with van der Waals surface area (Å²) in [7, 11) is 0. The third-order valence-corrected chi connectivity index (χ3v) is 3.07. The van der Waals surface area contributed by atoms with Crippen LogP contribution in [-0.2, 0) is 12.7 Å². The van der Waals surface area contributed by atoms with Gasteiger partial charge in [-0.1, -0.05) is 29.8 Å². The van der Waals surface area contributed by atoms with Gasteiger partial charge in [-0.15, -0.1) is 0 Å². The fourth-order valence-corrected chi connectivity index (χ4v) is 1.85. The molecule has 0 aliphatic rings. The molecule has 2 rings (SSSR count). The molecule has 0 aromatic heterocycles. The van der Waals surface area contributed by atoms with Crippen LogP contribution in [0.4, 0.5) is 13.2 Å². The van der Waals surface area contributed by atoms with Crippen molar-refractivity contribution in [1.82, 2.24) is 5.32 Å². The van der Waals surface area contributed by atoms with Gasteiger partial charge < -0.3 is 5.32 Å². The lowest BCUT2D eigenvalue weighted by molar-refractivity contribution is -0.137. The minimum atomic E-state index is -4.47. The Kier molecular flexibility index (Phi) is 4.53. The second-order valence-corrected chi connectivity index (χ2v) is 4.82. The van der Waals surface area contributed by atoms with Crippen molar-refractivity contribution in [2.75, 3.05) is 0 Å². The van der Waals surface area contributed by atoms with Crippen molar-refractivity contribution >= 4 is 17.5 Å². The Morgan fingerprint density at radius 2 is 1.76 bits per heavy atom. The summed E-state index contributed by atoms with van der Waals surface area (Å²) in [6.45, 7) is 0.215. The summed E-state index contributed by atoms with van der Waals surface area (Å²) in [6, 6.07) is 11.1. The fourth-order valence-electron chi connectivity index (χ4n) is 1.72. The van der Waals surface area contributed by atoms with Crippen LogP contribution in [0.3, 0.4) is 0 Å². The highest BCUT2D eigenvalue weighted by Gasteiger charge is 2.30. The number of amides is 1. The first kappa shape index (κ1) is 15.4. The molecule has 2 aromatic carbocycles. The molecule has 0 aliphatic carbocycles. The van der Waals surface area contributed by atoms with Crippen LogP contribution in [0.25, 0.3) is 0 Å². The summed E-state index contributed by atoms with van der Waals surface area (Å²) in [5.74, 6) is -0.559. The third kappa shape index (κ3) is 4.23. The predicted octanol–water partition coefficient (Wildman–Crippen LogP) is 4.29. The van der Waals surface area contributed by atoms with E-state index in [4.69, 9.17) is 11.6 Å². The zero-order valence-corrected chi connectivity index (χ0v) is 11.5. The lowest BCUT2D eigenvalue weighted by atomic mass is 10.1. The smallest absolute Gasteiger partial charge is 0.348 e. The highest BCUT2D eigenvalue weighted by Crippen LogP contribution is 2.29. The Hall–Kier alpha value is -2.01. The van der Waals surface area contributed by atoms with E-state index in [2.05, 4.69) is 5.32 Å². The van der Waals surface area contributed by atoms with Gasteiger partial charge in [-0.3, -0.25) is 4.79 Å². The van der Waals surface area contributed by atoms with Gasteiger partial charge in [0.1, 0.15) is 0 Å². The third-order valence-electron chi connectivity index (χ3n) is 2.82. The predicted molar refractivity (Wildman–Crippen MR) is 74.1 cm³/mol. The molecule has 0 atom stereocenters. The molecule has 0 heterocycles. The van der Waals surface area contributed by atoms with Gasteiger partial charge in [0.25, 0.3) is 5.91 Å². The first-order chi connectivity index (χ1) is 9.86. The number of benzene rings is 2. The largest absolute Gasteiger partial charge is 0.416 e. The van der Waals surface area contributed by atoms with Gasteiger partial charge in [0.2, 0.25) is 0 Å². The van der Waals surface area contributed by atoms with Crippen molar-refractivity contribution in [1.29, 1.82) is 0 Å². The molecule has 1 N–H and O–H groups in total. The number of carbonyl (C=O) groups is 1. The van der Waals surface area contributed by atoms with E-state index >= 15 is 0 Å². The maximum atomic E-state index is 12.6. The van der Waals surface area contributed by atoms with Crippen LogP contribution in [0, 0.1) is 0 Å². The van der Waals surface area contributed by atoms with E-state index in [9.17, 15) is 18.0 Å². The molecule has 0 saturated carbocycles. The molecule has 0 bridgehead atoms. The van der Waals surface area contributed by atoms with Crippen LogP contribution in [-0.4, -0.2) is 5.91 Å².